The fourth-order valence-corrected chi connectivity index (χ4v) is 2.89. The smallest absolute Gasteiger partial charge is 0.294 e. The van der Waals surface area contributed by atoms with E-state index in [1.165, 1.54) is 6.07 Å². The van der Waals surface area contributed by atoms with Crippen LogP contribution in [0.1, 0.15) is 18.4 Å². The van der Waals surface area contributed by atoms with Gasteiger partial charge in [-0.15, -0.1) is 0 Å². The maximum absolute atomic E-state index is 11.4. The Morgan fingerprint density at radius 3 is 2.86 bits per heavy atom. The third-order valence-electron chi connectivity index (χ3n) is 3.97. The van der Waals surface area contributed by atoms with Gasteiger partial charge < -0.3 is 15.5 Å². The van der Waals surface area contributed by atoms with E-state index in [2.05, 4.69) is 15.5 Å². The summed E-state index contributed by atoms with van der Waals surface area (Å²) in [4.78, 5) is 24.5. The quantitative estimate of drug-likeness (QED) is 0.633. The molecule has 7 nitrogen and oxygen atoms in total. The zero-order chi connectivity index (χ0) is 14.8. The number of anilines is 2. The Morgan fingerprint density at radius 1 is 1.19 bits per heavy atom. The second-order valence-corrected chi connectivity index (χ2v) is 5.39. The molecule has 112 valence electrons. The molecule has 2 aliphatic rings. The summed E-state index contributed by atoms with van der Waals surface area (Å²) in [7, 11) is 0. The first-order chi connectivity index (χ1) is 10.1. The van der Waals surface area contributed by atoms with Crippen LogP contribution in [0.4, 0.5) is 17.1 Å². The summed E-state index contributed by atoms with van der Waals surface area (Å²) in [5, 5.41) is 17.4. The average Bonchev–Trinajstić information content (AvgIpc) is 2.74. The molecule has 2 aliphatic heterocycles. The highest BCUT2D eigenvalue weighted by atomic mass is 16.6. The summed E-state index contributed by atoms with van der Waals surface area (Å²) in [6, 6.07) is 3.37. The highest BCUT2D eigenvalue weighted by Crippen LogP contribution is 2.36. The largest absolute Gasteiger partial charge is 0.365 e. The number of nitrogens with zero attached hydrogens (tertiary/aromatic N) is 2. The van der Waals surface area contributed by atoms with Crippen molar-refractivity contribution in [1.29, 1.82) is 0 Å². The lowest BCUT2D eigenvalue weighted by molar-refractivity contribution is -0.384. The van der Waals surface area contributed by atoms with Crippen LogP contribution < -0.4 is 15.5 Å². The average molecular weight is 290 g/mol. The van der Waals surface area contributed by atoms with Gasteiger partial charge in [-0.1, -0.05) is 0 Å². The Morgan fingerprint density at radius 2 is 2.05 bits per heavy atom. The molecule has 3 rings (SSSR count). The molecule has 1 saturated heterocycles. The summed E-state index contributed by atoms with van der Waals surface area (Å²) >= 11 is 0. The van der Waals surface area contributed by atoms with Crippen LogP contribution >= 0.6 is 0 Å². The fraction of sp³-hybridized carbons (Fsp3) is 0.500. The number of hydrogen-bond donors (Lipinski definition) is 2. The molecule has 2 N–H and O–H groups in total. The van der Waals surface area contributed by atoms with Crippen molar-refractivity contribution in [3.63, 3.8) is 0 Å². The molecule has 1 amide bonds. The molecule has 0 unspecified atom stereocenters. The minimum Gasteiger partial charge on any atom is -0.365 e. The SMILES string of the molecule is O=C1CCc2cc(N3CCCNCC3)c([N+](=O)[O-])cc2N1. The van der Waals surface area contributed by atoms with Gasteiger partial charge in [0.05, 0.1) is 10.6 Å². The van der Waals surface area contributed by atoms with Crippen LogP contribution in [0.3, 0.4) is 0 Å². The van der Waals surface area contributed by atoms with E-state index in [1.54, 1.807) is 0 Å². The summed E-state index contributed by atoms with van der Waals surface area (Å²) in [5.41, 5.74) is 2.29. The predicted molar refractivity (Wildman–Crippen MR) is 79.7 cm³/mol. The van der Waals surface area contributed by atoms with Crippen molar-refractivity contribution in [2.24, 2.45) is 0 Å². The number of rotatable bonds is 2. The number of amides is 1. The summed E-state index contributed by atoms with van der Waals surface area (Å²) < 4.78 is 0. The molecule has 0 saturated carbocycles. The number of fused-ring (bicyclic) bond motifs is 1. The van der Waals surface area contributed by atoms with Crippen LogP contribution in [0.25, 0.3) is 0 Å². The summed E-state index contributed by atoms with van der Waals surface area (Å²) in [6.45, 7) is 3.32. The lowest BCUT2D eigenvalue weighted by Crippen LogP contribution is -2.29. The molecule has 0 atom stereocenters. The van der Waals surface area contributed by atoms with Crippen LogP contribution in [-0.2, 0) is 11.2 Å². The molecule has 1 aromatic carbocycles. The van der Waals surface area contributed by atoms with Gasteiger partial charge in [0.2, 0.25) is 5.91 Å². The second-order valence-electron chi connectivity index (χ2n) is 5.39. The van der Waals surface area contributed by atoms with Crippen molar-refractivity contribution in [2.75, 3.05) is 36.4 Å². The van der Waals surface area contributed by atoms with Gasteiger partial charge in [-0.2, -0.15) is 0 Å². The minimum atomic E-state index is -0.366. The van der Waals surface area contributed by atoms with E-state index >= 15 is 0 Å². The van der Waals surface area contributed by atoms with E-state index in [-0.39, 0.29) is 16.5 Å². The molecule has 21 heavy (non-hydrogen) atoms. The summed E-state index contributed by atoms with van der Waals surface area (Å²) in [6.07, 6.45) is 2.04. The van der Waals surface area contributed by atoms with Crippen molar-refractivity contribution < 1.29 is 9.72 Å². The van der Waals surface area contributed by atoms with Gasteiger partial charge in [0, 0.05) is 32.1 Å². The Hall–Kier alpha value is -2.15. The van der Waals surface area contributed by atoms with Gasteiger partial charge in [-0.05, 0) is 31.0 Å². The van der Waals surface area contributed by atoms with E-state index in [0.29, 0.717) is 24.2 Å². The van der Waals surface area contributed by atoms with E-state index in [1.807, 2.05) is 6.07 Å². The standard InChI is InChI=1S/C14H18N4O3/c19-14-3-2-10-8-12(17-6-1-4-15-5-7-17)13(18(20)21)9-11(10)16-14/h8-9,15H,1-7H2,(H,16,19). The Labute approximate surface area is 122 Å². The molecule has 0 spiro atoms. The van der Waals surface area contributed by atoms with Gasteiger partial charge >= 0.3 is 0 Å². The van der Waals surface area contributed by atoms with E-state index in [9.17, 15) is 14.9 Å². The fourth-order valence-electron chi connectivity index (χ4n) is 2.89. The molecule has 0 radical (unpaired) electrons. The highest BCUT2D eigenvalue weighted by molar-refractivity contribution is 5.95. The Balaban J connectivity index is 2.01. The first-order valence-corrected chi connectivity index (χ1v) is 7.22. The number of aryl methyl sites for hydroxylation is 1. The Bertz CT molecular complexity index is 580. The third-order valence-corrected chi connectivity index (χ3v) is 3.97. The highest BCUT2D eigenvalue weighted by Gasteiger charge is 2.25. The van der Waals surface area contributed by atoms with Crippen molar-refractivity contribution in [3.8, 4) is 0 Å². The number of carbonyl (C=O) groups excluding carboxylic acids is 1. The first-order valence-electron chi connectivity index (χ1n) is 7.22. The molecule has 2 heterocycles. The van der Waals surface area contributed by atoms with Crippen molar-refractivity contribution >= 4 is 23.0 Å². The third kappa shape index (κ3) is 2.82. The Kier molecular flexibility index (Phi) is 3.74. The van der Waals surface area contributed by atoms with Crippen LogP contribution in [-0.4, -0.2) is 37.0 Å². The number of carbonyl (C=O) groups is 1. The molecular weight excluding hydrogens is 272 g/mol. The number of nitro benzene ring substituents is 1. The topological polar surface area (TPSA) is 87.5 Å². The van der Waals surface area contributed by atoms with E-state index in [0.717, 1.165) is 38.2 Å². The number of benzene rings is 1. The van der Waals surface area contributed by atoms with E-state index < -0.39 is 0 Å². The molecule has 1 fully saturated rings. The molecule has 0 aromatic heterocycles. The normalized spacial score (nSPS) is 18.7. The van der Waals surface area contributed by atoms with Gasteiger partial charge in [-0.25, -0.2) is 0 Å². The molecular formula is C14H18N4O3. The summed E-state index contributed by atoms with van der Waals surface area (Å²) in [5.74, 6) is -0.0801. The van der Waals surface area contributed by atoms with Crippen molar-refractivity contribution in [3.05, 3.63) is 27.8 Å². The molecule has 0 aliphatic carbocycles. The zero-order valence-corrected chi connectivity index (χ0v) is 11.7. The van der Waals surface area contributed by atoms with Gasteiger partial charge in [0.25, 0.3) is 5.69 Å². The molecule has 7 heteroatoms. The van der Waals surface area contributed by atoms with Crippen molar-refractivity contribution in [1.82, 2.24) is 5.32 Å². The second kappa shape index (κ2) is 5.69. The number of nitrogens with one attached hydrogen (secondary N) is 2. The minimum absolute atomic E-state index is 0.0675. The van der Waals surface area contributed by atoms with Gasteiger partial charge in [-0.3, -0.25) is 14.9 Å². The maximum atomic E-state index is 11.4. The van der Waals surface area contributed by atoms with Gasteiger partial charge in [0.1, 0.15) is 5.69 Å². The molecule has 0 bridgehead atoms. The molecule has 1 aromatic rings. The maximum Gasteiger partial charge on any atom is 0.294 e. The zero-order valence-electron chi connectivity index (χ0n) is 11.7. The predicted octanol–water partition coefficient (Wildman–Crippen LogP) is 1.28. The van der Waals surface area contributed by atoms with E-state index in [4.69, 9.17) is 0 Å². The van der Waals surface area contributed by atoms with Crippen LogP contribution in [0.15, 0.2) is 12.1 Å². The first kappa shape index (κ1) is 13.8. The van der Waals surface area contributed by atoms with Crippen LogP contribution in [0.5, 0.6) is 0 Å². The van der Waals surface area contributed by atoms with Gasteiger partial charge in [0.15, 0.2) is 0 Å². The lowest BCUT2D eigenvalue weighted by atomic mass is 10.0. The number of nitro groups is 1. The number of hydrogen-bond acceptors (Lipinski definition) is 5. The van der Waals surface area contributed by atoms with Crippen LogP contribution in [0, 0.1) is 10.1 Å². The monoisotopic (exact) mass is 290 g/mol. The lowest BCUT2D eigenvalue weighted by Gasteiger charge is -2.25. The van der Waals surface area contributed by atoms with Crippen LogP contribution in [0.2, 0.25) is 0 Å². The van der Waals surface area contributed by atoms with Crippen molar-refractivity contribution in [2.45, 2.75) is 19.3 Å².